The van der Waals surface area contributed by atoms with Gasteiger partial charge in [0.25, 0.3) is 0 Å². The van der Waals surface area contributed by atoms with Crippen molar-refractivity contribution >= 4 is 23.1 Å². The molecule has 0 radical (unpaired) electrons. The fourth-order valence-corrected chi connectivity index (χ4v) is 2.89. The number of hydrogen-bond acceptors (Lipinski definition) is 2. The summed E-state index contributed by atoms with van der Waals surface area (Å²) in [7, 11) is 0. The third-order valence-corrected chi connectivity index (χ3v) is 4.20. The molecule has 2 rings (SSSR count). The van der Waals surface area contributed by atoms with Crippen LogP contribution in [0.1, 0.15) is 43.5 Å². The monoisotopic (exact) mass is 265 g/mol. The highest BCUT2D eigenvalue weighted by Gasteiger charge is 2.18. The zero-order chi connectivity index (χ0) is 13.1. The maximum atomic E-state index is 11.3. The van der Waals surface area contributed by atoms with Crippen molar-refractivity contribution in [3.8, 4) is 0 Å². The van der Waals surface area contributed by atoms with E-state index in [4.69, 9.17) is 11.6 Å². The van der Waals surface area contributed by atoms with Gasteiger partial charge in [0.2, 0.25) is 0 Å². The first kappa shape index (κ1) is 13.4. The molecule has 0 unspecified atom stereocenters. The Morgan fingerprint density at radius 2 is 2.06 bits per heavy atom. The number of nitrogens with zero attached hydrogens (tertiary/aromatic N) is 1. The van der Waals surface area contributed by atoms with Gasteiger partial charge in [-0.15, -0.1) is 0 Å². The lowest BCUT2D eigenvalue weighted by molar-refractivity contribution is 0.101. The second kappa shape index (κ2) is 5.75. The van der Waals surface area contributed by atoms with E-state index in [-0.39, 0.29) is 5.78 Å². The van der Waals surface area contributed by atoms with Crippen LogP contribution in [-0.4, -0.2) is 18.9 Å². The average molecular weight is 266 g/mol. The SMILES string of the molecule is CCC1CCN(c2ccc(C(C)=O)c(Cl)c2)CC1. The second-order valence-corrected chi connectivity index (χ2v) is 5.47. The predicted octanol–water partition coefficient (Wildman–Crippen LogP) is 4.17. The van der Waals surface area contributed by atoms with Gasteiger partial charge in [-0.2, -0.15) is 0 Å². The first-order valence-electron chi connectivity index (χ1n) is 6.67. The molecule has 0 saturated carbocycles. The quantitative estimate of drug-likeness (QED) is 0.765. The van der Waals surface area contributed by atoms with Crippen LogP contribution >= 0.6 is 11.6 Å². The first-order chi connectivity index (χ1) is 8.61. The smallest absolute Gasteiger partial charge is 0.161 e. The minimum atomic E-state index is 0.0243. The van der Waals surface area contributed by atoms with Crippen LogP contribution in [0.5, 0.6) is 0 Å². The molecule has 1 heterocycles. The van der Waals surface area contributed by atoms with Gasteiger partial charge in [0, 0.05) is 24.3 Å². The van der Waals surface area contributed by atoms with Crippen LogP contribution in [0.25, 0.3) is 0 Å². The number of Topliss-reactive ketones (excluding diaryl/α,β-unsaturated/α-hetero) is 1. The topological polar surface area (TPSA) is 20.3 Å². The number of hydrogen-bond donors (Lipinski definition) is 0. The predicted molar refractivity (Wildman–Crippen MR) is 76.7 cm³/mol. The van der Waals surface area contributed by atoms with E-state index >= 15 is 0 Å². The standard InChI is InChI=1S/C15H20ClNO/c1-3-12-6-8-17(9-7-12)13-4-5-14(11(2)18)15(16)10-13/h4-5,10,12H,3,6-9H2,1-2H3. The van der Waals surface area contributed by atoms with Gasteiger partial charge in [-0.1, -0.05) is 24.9 Å². The average Bonchev–Trinajstić information content (AvgIpc) is 2.38. The Labute approximate surface area is 114 Å². The summed E-state index contributed by atoms with van der Waals surface area (Å²) in [4.78, 5) is 13.7. The molecular formula is C15H20ClNO. The van der Waals surface area contributed by atoms with Crippen LogP contribution < -0.4 is 4.90 Å². The van der Waals surface area contributed by atoms with Crippen molar-refractivity contribution in [3.63, 3.8) is 0 Å². The molecule has 1 saturated heterocycles. The summed E-state index contributed by atoms with van der Waals surface area (Å²) >= 11 is 6.15. The molecule has 1 aliphatic rings. The number of rotatable bonds is 3. The van der Waals surface area contributed by atoms with Crippen molar-refractivity contribution in [1.82, 2.24) is 0 Å². The maximum Gasteiger partial charge on any atom is 0.161 e. The molecule has 0 bridgehead atoms. The van der Waals surface area contributed by atoms with Gasteiger partial charge in [-0.25, -0.2) is 0 Å². The van der Waals surface area contributed by atoms with Crippen molar-refractivity contribution in [2.24, 2.45) is 5.92 Å². The third kappa shape index (κ3) is 2.86. The Kier molecular flexibility index (Phi) is 4.28. The normalized spacial score (nSPS) is 16.9. The van der Waals surface area contributed by atoms with Gasteiger partial charge in [-0.05, 0) is 43.9 Å². The van der Waals surface area contributed by atoms with E-state index in [1.54, 1.807) is 6.92 Å². The Morgan fingerprint density at radius 3 is 2.56 bits per heavy atom. The van der Waals surface area contributed by atoms with Crippen molar-refractivity contribution in [1.29, 1.82) is 0 Å². The van der Waals surface area contributed by atoms with Crippen molar-refractivity contribution in [3.05, 3.63) is 28.8 Å². The van der Waals surface area contributed by atoms with Crippen molar-refractivity contribution < 1.29 is 4.79 Å². The van der Waals surface area contributed by atoms with E-state index in [1.807, 2.05) is 18.2 Å². The number of carbonyl (C=O) groups excluding carboxylic acids is 1. The summed E-state index contributed by atoms with van der Waals surface area (Å²) in [6.45, 7) is 6.00. The summed E-state index contributed by atoms with van der Waals surface area (Å²) in [5.74, 6) is 0.893. The Balaban J connectivity index is 2.11. The van der Waals surface area contributed by atoms with Gasteiger partial charge in [0.15, 0.2) is 5.78 Å². The summed E-state index contributed by atoms with van der Waals surface area (Å²) in [5, 5.41) is 0.567. The van der Waals surface area contributed by atoms with Gasteiger partial charge in [0.05, 0.1) is 5.02 Å². The molecule has 0 N–H and O–H groups in total. The van der Waals surface area contributed by atoms with Crippen molar-refractivity contribution in [2.45, 2.75) is 33.1 Å². The summed E-state index contributed by atoms with van der Waals surface area (Å²) in [5.41, 5.74) is 1.75. The van der Waals surface area contributed by atoms with Crippen LogP contribution in [0.2, 0.25) is 5.02 Å². The van der Waals surface area contributed by atoms with E-state index in [0.29, 0.717) is 10.6 Å². The maximum absolute atomic E-state index is 11.3. The molecular weight excluding hydrogens is 246 g/mol. The third-order valence-electron chi connectivity index (χ3n) is 3.89. The lowest BCUT2D eigenvalue weighted by Crippen LogP contribution is -2.33. The number of piperidine rings is 1. The Bertz CT molecular complexity index is 436. The van der Waals surface area contributed by atoms with Crippen LogP contribution in [0, 0.1) is 5.92 Å². The number of benzene rings is 1. The zero-order valence-electron chi connectivity index (χ0n) is 11.1. The van der Waals surface area contributed by atoms with Crippen molar-refractivity contribution in [2.75, 3.05) is 18.0 Å². The van der Waals surface area contributed by atoms with Gasteiger partial charge in [0.1, 0.15) is 0 Å². The molecule has 0 aliphatic carbocycles. The summed E-state index contributed by atoms with van der Waals surface area (Å²) < 4.78 is 0. The number of ketones is 1. The second-order valence-electron chi connectivity index (χ2n) is 5.06. The zero-order valence-corrected chi connectivity index (χ0v) is 11.8. The van der Waals surface area contributed by atoms with Gasteiger partial charge in [-0.3, -0.25) is 4.79 Å². The molecule has 1 aliphatic heterocycles. The molecule has 3 heteroatoms. The van der Waals surface area contributed by atoms with E-state index in [2.05, 4.69) is 11.8 Å². The fraction of sp³-hybridized carbons (Fsp3) is 0.533. The molecule has 2 nitrogen and oxygen atoms in total. The lowest BCUT2D eigenvalue weighted by Gasteiger charge is -2.33. The molecule has 0 atom stereocenters. The van der Waals surface area contributed by atoms with E-state index in [9.17, 15) is 4.79 Å². The summed E-state index contributed by atoms with van der Waals surface area (Å²) in [6, 6.07) is 5.77. The van der Waals surface area contributed by atoms with E-state index in [1.165, 1.54) is 19.3 Å². The van der Waals surface area contributed by atoms with Crippen LogP contribution in [0.3, 0.4) is 0 Å². The van der Waals surface area contributed by atoms with E-state index < -0.39 is 0 Å². The lowest BCUT2D eigenvalue weighted by atomic mass is 9.94. The highest BCUT2D eigenvalue weighted by atomic mass is 35.5. The minimum Gasteiger partial charge on any atom is -0.371 e. The molecule has 1 aromatic rings. The largest absolute Gasteiger partial charge is 0.371 e. The number of anilines is 1. The van der Waals surface area contributed by atoms with Crippen LogP contribution in [0.15, 0.2) is 18.2 Å². The first-order valence-corrected chi connectivity index (χ1v) is 7.05. The van der Waals surface area contributed by atoms with E-state index in [0.717, 1.165) is 24.7 Å². The Hall–Kier alpha value is -1.02. The van der Waals surface area contributed by atoms with Crippen LogP contribution in [-0.2, 0) is 0 Å². The van der Waals surface area contributed by atoms with Gasteiger partial charge >= 0.3 is 0 Å². The molecule has 0 aromatic heterocycles. The molecule has 18 heavy (non-hydrogen) atoms. The Morgan fingerprint density at radius 1 is 1.39 bits per heavy atom. The minimum absolute atomic E-state index is 0.0243. The number of halogens is 1. The highest BCUT2D eigenvalue weighted by molar-refractivity contribution is 6.34. The summed E-state index contributed by atoms with van der Waals surface area (Å²) in [6.07, 6.45) is 3.78. The molecule has 1 fully saturated rings. The highest BCUT2D eigenvalue weighted by Crippen LogP contribution is 2.28. The number of carbonyl (C=O) groups is 1. The van der Waals surface area contributed by atoms with Gasteiger partial charge < -0.3 is 4.90 Å². The molecule has 1 aromatic carbocycles. The van der Waals surface area contributed by atoms with Crippen LogP contribution in [0.4, 0.5) is 5.69 Å². The fourth-order valence-electron chi connectivity index (χ4n) is 2.59. The molecule has 0 spiro atoms. The molecule has 98 valence electrons. The molecule has 0 amide bonds.